The van der Waals surface area contributed by atoms with E-state index in [1.165, 1.54) is 5.69 Å². The normalized spacial score (nSPS) is 10.3. The first kappa shape index (κ1) is 14.7. The summed E-state index contributed by atoms with van der Waals surface area (Å²) in [6, 6.07) is 4.11. The predicted molar refractivity (Wildman–Crippen MR) is 71.4 cm³/mol. The first-order chi connectivity index (χ1) is 8.29. The second-order valence-electron chi connectivity index (χ2n) is 4.01. The molecule has 2 rings (SSSR count). The van der Waals surface area contributed by atoms with Gasteiger partial charge in [-0.3, -0.25) is 4.68 Å². The maximum absolute atomic E-state index is 12.1. The molecule has 0 aliphatic rings. The van der Waals surface area contributed by atoms with Gasteiger partial charge >= 0.3 is 0 Å². The third-order valence-electron chi connectivity index (χ3n) is 2.69. The minimum Gasteiger partial charge on any atom is -0.353 e. The summed E-state index contributed by atoms with van der Waals surface area (Å²) in [5.41, 5.74) is 2.31. The van der Waals surface area contributed by atoms with Crippen molar-refractivity contribution in [1.82, 2.24) is 19.7 Å². The van der Waals surface area contributed by atoms with Gasteiger partial charge in [-0.2, -0.15) is 5.10 Å². The zero-order valence-corrected chi connectivity index (χ0v) is 11.2. The lowest BCUT2D eigenvalue weighted by Crippen LogP contribution is -2.14. The largest absolute Gasteiger partial charge is 0.353 e. The molecule has 1 N–H and O–H groups in total. The standard InChI is InChI=1S/C12H17FN4.ClH/c1-16-5-2-3-12(16)9-14-7-11-8-15-17(10-11)6-4-13;/h2-3,5,8,10,14H,4,6-7,9H2,1H3;1H. The van der Waals surface area contributed by atoms with E-state index in [2.05, 4.69) is 21.0 Å². The van der Waals surface area contributed by atoms with Gasteiger partial charge in [0.25, 0.3) is 0 Å². The van der Waals surface area contributed by atoms with Crippen molar-refractivity contribution in [3.8, 4) is 0 Å². The molecule has 6 heteroatoms. The summed E-state index contributed by atoms with van der Waals surface area (Å²) in [5.74, 6) is 0. The lowest BCUT2D eigenvalue weighted by atomic mass is 10.3. The number of rotatable bonds is 6. The molecule has 2 heterocycles. The van der Waals surface area contributed by atoms with Crippen molar-refractivity contribution in [2.24, 2.45) is 7.05 Å². The molecular weight excluding hydrogens is 255 g/mol. The summed E-state index contributed by atoms with van der Waals surface area (Å²) in [4.78, 5) is 0. The van der Waals surface area contributed by atoms with Crippen LogP contribution in [0.15, 0.2) is 30.7 Å². The number of hydrogen-bond donors (Lipinski definition) is 1. The highest BCUT2D eigenvalue weighted by Crippen LogP contribution is 2.01. The Morgan fingerprint density at radius 2 is 2.22 bits per heavy atom. The van der Waals surface area contributed by atoms with Crippen LogP contribution in [0.25, 0.3) is 0 Å². The van der Waals surface area contributed by atoms with E-state index in [1.54, 1.807) is 10.9 Å². The lowest BCUT2D eigenvalue weighted by Gasteiger charge is -2.04. The van der Waals surface area contributed by atoms with Crippen molar-refractivity contribution in [3.05, 3.63) is 42.0 Å². The van der Waals surface area contributed by atoms with Gasteiger partial charge in [-0.05, 0) is 12.1 Å². The van der Waals surface area contributed by atoms with E-state index in [4.69, 9.17) is 0 Å². The van der Waals surface area contributed by atoms with E-state index in [9.17, 15) is 4.39 Å². The van der Waals surface area contributed by atoms with Crippen LogP contribution in [0.1, 0.15) is 11.3 Å². The Morgan fingerprint density at radius 1 is 1.39 bits per heavy atom. The molecule has 18 heavy (non-hydrogen) atoms. The smallest absolute Gasteiger partial charge is 0.109 e. The molecule has 0 spiro atoms. The van der Waals surface area contributed by atoms with Gasteiger partial charge in [0.15, 0.2) is 0 Å². The Kier molecular flexibility index (Phi) is 5.88. The fourth-order valence-electron chi connectivity index (χ4n) is 1.72. The molecule has 0 atom stereocenters. The van der Waals surface area contributed by atoms with Crippen LogP contribution >= 0.6 is 12.4 Å². The van der Waals surface area contributed by atoms with Crippen LogP contribution < -0.4 is 5.32 Å². The highest BCUT2D eigenvalue weighted by atomic mass is 35.5. The van der Waals surface area contributed by atoms with Crippen molar-refractivity contribution in [2.75, 3.05) is 6.67 Å². The highest BCUT2D eigenvalue weighted by Gasteiger charge is 2.00. The molecule has 0 aliphatic heterocycles. The molecule has 0 radical (unpaired) electrons. The van der Waals surface area contributed by atoms with Crippen molar-refractivity contribution < 1.29 is 4.39 Å². The van der Waals surface area contributed by atoms with Gasteiger partial charge in [0.2, 0.25) is 0 Å². The maximum atomic E-state index is 12.1. The first-order valence-electron chi connectivity index (χ1n) is 5.68. The second-order valence-corrected chi connectivity index (χ2v) is 4.01. The Balaban J connectivity index is 0.00000162. The van der Waals surface area contributed by atoms with Gasteiger partial charge in [0.1, 0.15) is 6.67 Å². The minimum absolute atomic E-state index is 0. The average Bonchev–Trinajstić information content (AvgIpc) is 2.90. The first-order valence-corrected chi connectivity index (χ1v) is 5.68. The predicted octanol–water partition coefficient (Wildman–Crippen LogP) is 1.90. The quantitative estimate of drug-likeness (QED) is 0.872. The monoisotopic (exact) mass is 272 g/mol. The highest BCUT2D eigenvalue weighted by molar-refractivity contribution is 5.85. The maximum Gasteiger partial charge on any atom is 0.109 e. The molecule has 0 saturated heterocycles. The SMILES string of the molecule is Cl.Cn1cccc1CNCc1cnn(CCF)c1. The van der Waals surface area contributed by atoms with E-state index >= 15 is 0 Å². The molecule has 0 fully saturated rings. The Morgan fingerprint density at radius 3 is 2.89 bits per heavy atom. The number of nitrogens with zero attached hydrogens (tertiary/aromatic N) is 3. The summed E-state index contributed by atoms with van der Waals surface area (Å²) in [6.45, 7) is 1.52. The van der Waals surface area contributed by atoms with Gasteiger partial charge in [-0.1, -0.05) is 0 Å². The summed E-state index contributed by atoms with van der Waals surface area (Å²) in [5, 5.41) is 7.40. The number of aromatic nitrogens is 3. The summed E-state index contributed by atoms with van der Waals surface area (Å²) in [6.07, 6.45) is 5.67. The second kappa shape index (κ2) is 7.18. The van der Waals surface area contributed by atoms with Crippen LogP contribution in [0.3, 0.4) is 0 Å². The number of nitrogens with one attached hydrogen (secondary N) is 1. The molecule has 0 saturated carbocycles. The molecule has 0 bridgehead atoms. The molecule has 0 aromatic carbocycles. The topological polar surface area (TPSA) is 34.8 Å². The summed E-state index contributed by atoms with van der Waals surface area (Å²) < 4.78 is 15.8. The fraction of sp³-hybridized carbons (Fsp3) is 0.417. The zero-order valence-electron chi connectivity index (χ0n) is 10.3. The molecule has 0 unspecified atom stereocenters. The van der Waals surface area contributed by atoms with E-state index in [1.807, 2.05) is 25.5 Å². The van der Waals surface area contributed by atoms with Crippen LogP contribution in [0, 0.1) is 0 Å². The number of halogens is 2. The minimum atomic E-state index is -0.377. The van der Waals surface area contributed by atoms with E-state index in [0.717, 1.165) is 18.7 Å². The number of aryl methyl sites for hydroxylation is 2. The third kappa shape index (κ3) is 3.85. The van der Waals surface area contributed by atoms with Gasteiger partial charge in [0, 0.05) is 43.8 Å². The average molecular weight is 273 g/mol. The lowest BCUT2D eigenvalue weighted by molar-refractivity contribution is 0.427. The van der Waals surface area contributed by atoms with Crippen molar-refractivity contribution in [2.45, 2.75) is 19.6 Å². The number of alkyl halides is 1. The van der Waals surface area contributed by atoms with E-state index in [0.29, 0.717) is 6.54 Å². The van der Waals surface area contributed by atoms with Crippen LogP contribution in [0.2, 0.25) is 0 Å². The molecule has 0 amide bonds. The van der Waals surface area contributed by atoms with Gasteiger partial charge in [-0.25, -0.2) is 4.39 Å². The third-order valence-corrected chi connectivity index (χ3v) is 2.69. The molecule has 2 aromatic heterocycles. The van der Waals surface area contributed by atoms with Gasteiger partial charge < -0.3 is 9.88 Å². The Bertz CT molecular complexity index is 466. The van der Waals surface area contributed by atoms with E-state index in [-0.39, 0.29) is 19.1 Å². The van der Waals surface area contributed by atoms with E-state index < -0.39 is 0 Å². The van der Waals surface area contributed by atoms with Crippen molar-refractivity contribution in [3.63, 3.8) is 0 Å². The van der Waals surface area contributed by atoms with Crippen molar-refractivity contribution >= 4 is 12.4 Å². The molecule has 4 nitrogen and oxygen atoms in total. The Hall–Kier alpha value is -1.33. The Labute approximate surface area is 112 Å². The molecular formula is C12H18ClFN4. The van der Waals surface area contributed by atoms with Crippen LogP contribution in [-0.4, -0.2) is 21.0 Å². The van der Waals surface area contributed by atoms with Crippen LogP contribution in [-0.2, 0) is 26.7 Å². The van der Waals surface area contributed by atoms with Crippen LogP contribution in [0.4, 0.5) is 4.39 Å². The summed E-state index contributed by atoms with van der Waals surface area (Å²) >= 11 is 0. The van der Waals surface area contributed by atoms with Crippen molar-refractivity contribution in [1.29, 1.82) is 0 Å². The zero-order chi connectivity index (χ0) is 12.1. The summed E-state index contributed by atoms with van der Waals surface area (Å²) in [7, 11) is 2.02. The molecule has 2 aromatic rings. The van der Waals surface area contributed by atoms with Gasteiger partial charge in [0.05, 0.1) is 12.7 Å². The molecule has 0 aliphatic carbocycles. The number of hydrogen-bond acceptors (Lipinski definition) is 2. The molecule has 100 valence electrons. The van der Waals surface area contributed by atoms with Crippen LogP contribution in [0.5, 0.6) is 0 Å². The fourth-order valence-corrected chi connectivity index (χ4v) is 1.72. The van der Waals surface area contributed by atoms with Gasteiger partial charge in [-0.15, -0.1) is 12.4 Å².